The highest BCUT2D eigenvalue weighted by molar-refractivity contribution is 7.13. The van der Waals surface area contributed by atoms with Crippen LogP contribution in [0.25, 0.3) is 10.6 Å². The Morgan fingerprint density at radius 3 is 2.86 bits per heavy atom. The van der Waals surface area contributed by atoms with Crippen LogP contribution in [0.1, 0.15) is 35.8 Å². The third kappa shape index (κ3) is 5.20. The summed E-state index contributed by atoms with van der Waals surface area (Å²) in [5.41, 5.74) is 3.04. The number of thiazole rings is 1. The minimum atomic E-state index is -0.131. The zero-order chi connectivity index (χ0) is 19.5. The molecule has 0 unspecified atom stereocenters. The van der Waals surface area contributed by atoms with E-state index in [1.54, 1.807) is 16.0 Å². The Labute approximate surface area is 180 Å². The van der Waals surface area contributed by atoms with Gasteiger partial charge >= 0.3 is 0 Å². The fourth-order valence-corrected chi connectivity index (χ4v) is 4.22. The Balaban J connectivity index is 0.00000240. The molecule has 3 aromatic rings. The second-order valence-electron chi connectivity index (χ2n) is 7.18. The molecule has 2 aromatic heterocycles. The quantitative estimate of drug-likeness (QED) is 0.646. The molecule has 0 aliphatic carbocycles. The van der Waals surface area contributed by atoms with Crippen LogP contribution in [0.2, 0.25) is 0 Å². The van der Waals surface area contributed by atoms with E-state index in [4.69, 9.17) is 0 Å². The lowest BCUT2D eigenvalue weighted by Crippen LogP contribution is -2.27. The van der Waals surface area contributed by atoms with E-state index >= 15 is 0 Å². The summed E-state index contributed by atoms with van der Waals surface area (Å²) in [7, 11) is 1.81. The number of anilines is 1. The zero-order valence-corrected chi connectivity index (χ0v) is 18.1. The van der Waals surface area contributed by atoms with Gasteiger partial charge in [0.15, 0.2) is 5.82 Å². The third-order valence-corrected chi connectivity index (χ3v) is 5.83. The van der Waals surface area contributed by atoms with Crippen LogP contribution in [-0.2, 0) is 18.3 Å². The number of hydrogen-bond acceptors (Lipinski definition) is 6. The number of carbonyl (C=O) groups excluding carboxylic acids is 1. The molecule has 1 aliphatic rings. The number of nitrogens with one attached hydrogen (secondary N) is 2. The molecule has 3 heterocycles. The minimum Gasteiger partial charge on any atom is -0.317 e. The van der Waals surface area contributed by atoms with E-state index in [0.29, 0.717) is 11.9 Å². The van der Waals surface area contributed by atoms with E-state index in [0.717, 1.165) is 48.0 Å². The van der Waals surface area contributed by atoms with Crippen LogP contribution >= 0.6 is 23.7 Å². The van der Waals surface area contributed by atoms with Crippen molar-refractivity contribution in [1.29, 1.82) is 0 Å². The molecular formula is C20H25ClN6OS. The van der Waals surface area contributed by atoms with E-state index in [2.05, 4.69) is 44.8 Å². The summed E-state index contributed by atoms with van der Waals surface area (Å²) < 4.78 is 1.65. The minimum absolute atomic E-state index is 0. The predicted molar refractivity (Wildman–Crippen MR) is 118 cm³/mol. The molecule has 0 spiro atoms. The van der Waals surface area contributed by atoms with Gasteiger partial charge in [0.05, 0.1) is 12.1 Å². The van der Waals surface area contributed by atoms with Crippen LogP contribution in [0.5, 0.6) is 0 Å². The highest BCUT2D eigenvalue weighted by Crippen LogP contribution is 2.25. The van der Waals surface area contributed by atoms with Crippen LogP contribution in [-0.4, -0.2) is 38.7 Å². The number of piperidine rings is 1. The number of aromatic nitrogens is 4. The first-order chi connectivity index (χ1) is 13.6. The van der Waals surface area contributed by atoms with E-state index in [-0.39, 0.29) is 24.7 Å². The van der Waals surface area contributed by atoms with Crippen molar-refractivity contribution < 1.29 is 4.79 Å². The van der Waals surface area contributed by atoms with Crippen molar-refractivity contribution in [2.24, 2.45) is 7.05 Å². The van der Waals surface area contributed by atoms with Gasteiger partial charge in [0, 0.05) is 23.9 Å². The molecule has 1 aromatic carbocycles. The smallest absolute Gasteiger partial charge is 0.232 e. The fraction of sp³-hybridized carbons (Fsp3) is 0.400. The molecule has 1 fully saturated rings. The molecule has 1 amide bonds. The number of carbonyl (C=O) groups is 1. The lowest BCUT2D eigenvalue weighted by molar-refractivity contribution is -0.115. The van der Waals surface area contributed by atoms with Gasteiger partial charge in [0.25, 0.3) is 0 Å². The number of benzene rings is 1. The van der Waals surface area contributed by atoms with Gasteiger partial charge in [0.1, 0.15) is 5.01 Å². The molecule has 1 saturated heterocycles. The summed E-state index contributed by atoms with van der Waals surface area (Å²) in [5, 5.41) is 13.6. The average molecular weight is 433 g/mol. The molecule has 0 bridgehead atoms. The maximum atomic E-state index is 12.5. The van der Waals surface area contributed by atoms with Crippen molar-refractivity contribution in [3.05, 3.63) is 46.7 Å². The molecule has 9 heteroatoms. The Morgan fingerprint density at radius 1 is 1.31 bits per heavy atom. The molecule has 4 rings (SSSR count). The van der Waals surface area contributed by atoms with Crippen molar-refractivity contribution in [3.63, 3.8) is 0 Å². The second kappa shape index (κ2) is 9.47. The first-order valence-corrected chi connectivity index (χ1v) is 10.4. The fourth-order valence-electron chi connectivity index (χ4n) is 3.40. The Hall–Kier alpha value is -2.29. The monoisotopic (exact) mass is 432 g/mol. The highest BCUT2D eigenvalue weighted by Gasteiger charge is 2.21. The molecular weight excluding hydrogens is 408 g/mol. The number of amides is 1. The van der Waals surface area contributed by atoms with Gasteiger partial charge in [-0.05, 0) is 38.9 Å². The summed E-state index contributed by atoms with van der Waals surface area (Å²) in [6, 6.07) is 8.22. The lowest BCUT2D eigenvalue weighted by atomic mass is 9.98. The number of aryl methyl sites for hydroxylation is 2. The van der Waals surface area contributed by atoms with E-state index in [9.17, 15) is 4.79 Å². The predicted octanol–water partition coefficient (Wildman–Crippen LogP) is 3.32. The SMILES string of the molecule is Cc1cccc(-c2nc(CC(=O)Nc3nc(C4CCNCC4)nn3C)cs2)c1.Cl. The summed E-state index contributed by atoms with van der Waals surface area (Å²) in [5.74, 6) is 1.53. The highest BCUT2D eigenvalue weighted by atomic mass is 35.5. The summed E-state index contributed by atoms with van der Waals surface area (Å²) in [4.78, 5) is 21.6. The van der Waals surface area contributed by atoms with Crippen molar-refractivity contribution >= 4 is 35.6 Å². The first kappa shape index (κ1) is 21.4. The molecule has 2 N–H and O–H groups in total. The van der Waals surface area contributed by atoms with Gasteiger partial charge in [0.2, 0.25) is 11.9 Å². The maximum absolute atomic E-state index is 12.5. The molecule has 0 atom stereocenters. The van der Waals surface area contributed by atoms with Crippen LogP contribution in [0.15, 0.2) is 29.6 Å². The Bertz CT molecular complexity index is 979. The second-order valence-corrected chi connectivity index (χ2v) is 8.04. The Morgan fingerprint density at radius 2 is 2.10 bits per heavy atom. The van der Waals surface area contributed by atoms with Gasteiger partial charge in [-0.3, -0.25) is 10.1 Å². The van der Waals surface area contributed by atoms with E-state index in [1.807, 2.05) is 24.6 Å². The number of hydrogen-bond donors (Lipinski definition) is 2. The molecule has 0 saturated carbocycles. The Kier molecular flexibility index (Phi) is 7.00. The lowest BCUT2D eigenvalue weighted by Gasteiger charge is -2.19. The zero-order valence-electron chi connectivity index (χ0n) is 16.5. The first-order valence-electron chi connectivity index (χ1n) is 9.51. The standard InChI is InChI=1S/C20H24N6OS.ClH/c1-13-4-3-5-15(10-13)19-22-16(12-28-19)11-17(27)23-20-24-18(25-26(20)2)14-6-8-21-9-7-14;/h3-5,10,12,14,21H,6-9,11H2,1-2H3,(H,23,24,25,27);1H. The molecule has 0 radical (unpaired) electrons. The molecule has 29 heavy (non-hydrogen) atoms. The average Bonchev–Trinajstić information content (AvgIpc) is 3.30. The topological polar surface area (TPSA) is 84.7 Å². The van der Waals surface area contributed by atoms with Gasteiger partial charge in [-0.2, -0.15) is 10.1 Å². The van der Waals surface area contributed by atoms with Crippen LogP contribution in [0.4, 0.5) is 5.95 Å². The van der Waals surface area contributed by atoms with Gasteiger partial charge in [-0.1, -0.05) is 23.8 Å². The normalized spacial score (nSPS) is 14.4. The number of rotatable bonds is 5. The van der Waals surface area contributed by atoms with Gasteiger partial charge in [-0.15, -0.1) is 23.7 Å². The van der Waals surface area contributed by atoms with E-state index < -0.39 is 0 Å². The van der Waals surface area contributed by atoms with Crippen LogP contribution < -0.4 is 10.6 Å². The number of halogens is 1. The summed E-state index contributed by atoms with van der Waals surface area (Å²) in [6.07, 6.45) is 2.27. The van der Waals surface area contributed by atoms with Crippen molar-refractivity contribution in [2.75, 3.05) is 18.4 Å². The van der Waals surface area contributed by atoms with Crippen LogP contribution in [0, 0.1) is 6.92 Å². The van der Waals surface area contributed by atoms with Gasteiger partial charge < -0.3 is 5.32 Å². The van der Waals surface area contributed by atoms with Crippen molar-refractivity contribution in [3.8, 4) is 10.6 Å². The van der Waals surface area contributed by atoms with Crippen LogP contribution in [0.3, 0.4) is 0 Å². The summed E-state index contributed by atoms with van der Waals surface area (Å²) >= 11 is 1.56. The molecule has 1 aliphatic heterocycles. The number of nitrogens with zero attached hydrogens (tertiary/aromatic N) is 4. The van der Waals surface area contributed by atoms with Gasteiger partial charge in [-0.25, -0.2) is 9.67 Å². The van der Waals surface area contributed by atoms with Crippen molar-refractivity contribution in [1.82, 2.24) is 25.1 Å². The van der Waals surface area contributed by atoms with Crippen molar-refractivity contribution in [2.45, 2.75) is 32.1 Å². The molecule has 7 nitrogen and oxygen atoms in total. The molecule has 154 valence electrons. The maximum Gasteiger partial charge on any atom is 0.232 e. The largest absolute Gasteiger partial charge is 0.317 e. The van der Waals surface area contributed by atoms with E-state index in [1.165, 1.54) is 5.56 Å². The summed E-state index contributed by atoms with van der Waals surface area (Å²) in [6.45, 7) is 4.03. The third-order valence-electron chi connectivity index (χ3n) is 4.89.